The zero-order valence-electron chi connectivity index (χ0n) is 13.1. The molecule has 0 aliphatic carbocycles. The van der Waals surface area contributed by atoms with Gasteiger partial charge in [0.1, 0.15) is 6.54 Å². The molecule has 1 heterocycles. The first-order valence-corrected chi connectivity index (χ1v) is 7.45. The lowest BCUT2D eigenvalue weighted by Crippen LogP contribution is -2.38. The highest BCUT2D eigenvalue weighted by molar-refractivity contribution is 5.90. The molecule has 2 N–H and O–H groups in total. The molecule has 26 heavy (non-hydrogen) atoms. The second-order valence-corrected chi connectivity index (χ2v) is 5.49. The molecular weight excluding hydrogens is 351 g/mol. The SMILES string of the molecule is O=C(Cn1c(=O)[nH]c2ccccc2c1=O)Nc1ccc(C(F)(F)F)cc1. The van der Waals surface area contributed by atoms with Crippen LogP contribution in [0.1, 0.15) is 5.56 Å². The molecule has 0 fully saturated rings. The predicted molar refractivity (Wildman–Crippen MR) is 88.9 cm³/mol. The van der Waals surface area contributed by atoms with Gasteiger partial charge in [-0.05, 0) is 36.4 Å². The Kier molecular flexibility index (Phi) is 4.37. The number of nitrogens with one attached hydrogen (secondary N) is 2. The van der Waals surface area contributed by atoms with Crippen molar-refractivity contribution in [3.8, 4) is 0 Å². The van der Waals surface area contributed by atoms with Gasteiger partial charge in [0.05, 0.1) is 16.5 Å². The van der Waals surface area contributed by atoms with Gasteiger partial charge in [-0.25, -0.2) is 4.79 Å². The van der Waals surface area contributed by atoms with Gasteiger partial charge in [-0.2, -0.15) is 13.2 Å². The van der Waals surface area contributed by atoms with E-state index in [-0.39, 0.29) is 11.1 Å². The molecule has 0 saturated heterocycles. The number of benzene rings is 2. The summed E-state index contributed by atoms with van der Waals surface area (Å²) in [5.74, 6) is -0.715. The van der Waals surface area contributed by atoms with Gasteiger partial charge in [-0.3, -0.25) is 14.2 Å². The van der Waals surface area contributed by atoms with Crippen LogP contribution in [0.25, 0.3) is 10.9 Å². The van der Waals surface area contributed by atoms with Crippen LogP contribution in [0.5, 0.6) is 0 Å². The van der Waals surface area contributed by atoms with Gasteiger partial charge in [0.2, 0.25) is 5.91 Å². The number of rotatable bonds is 3. The molecule has 0 spiro atoms. The molecule has 3 rings (SSSR count). The van der Waals surface area contributed by atoms with Crippen LogP contribution in [-0.4, -0.2) is 15.5 Å². The summed E-state index contributed by atoms with van der Waals surface area (Å²) in [4.78, 5) is 38.9. The Hall–Kier alpha value is -3.36. The van der Waals surface area contributed by atoms with Gasteiger partial charge in [0.15, 0.2) is 0 Å². The molecule has 3 aromatic rings. The molecule has 0 aliphatic rings. The van der Waals surface area contributed by atoms with Crippen molar-refractivity contribution >= 4 is 22.5 Å². The maximum Gasteiger partial charge on any atom is 0.416 e. The average Bonchev–Trinajstić information content (AvgIpc) is 2.58. The summed E-state index contributed by atoms with van der Waals surface area (Å²) in [6, 6.07) is 10.2. The van der Waals surface area contributed by atoms with E-state index in [1.807, 2.05) is 0 Å². The van der Waals surface area contributed by atoms with E-state index in [1.165, 1.54) is 6.07 Å². The molecule has 0 saturated carbocycles. The van der Waals surface area contributed by atoms with Gasteiger partial charge in [-0.1, -0.05) is 12.1 Å². The molecule has 6 nitrogen and oxygen atoms in total. The molecule has 1 amide bonds. The molecule has 2 aromatic carbocycles. The number of aromatic nitrogens is 2. The van der Waals surface area contributed by atoms with Crippen LogP contribution in [-0.2, 0) is 17.5 Å². The molecule has 0 radical (unpaired) electrons. The lowest BCUT2D eigenvalue weighted by Gasteiger charge is -2.10. The van der Waals surface area contributed by atoms with Crippen LogP contribution in [0.15, 0.2) is 58.1 Å². The number of hydrogen-bond donors (Lipinski definition) is 2. The third-order valence-corrected chi connectivity index (χ3v) is 3.69. The van der Waals surface area contributed by atoms with Crippen LogP contribution >= 0.6 is 0 Å². The number of anilines is 1. The Morgan fingerprint density at radius 2 is 1.69 bits per heavy atom. The molecule has 1 aromatic heterocycles. The Morgan fingerprint density at radius 1 is 1.04 bits per heavy atom. The maximum atomic E-state index is 12.5. The number of alkyl halides is 3. The molecule has 134 valence electrons. The normalized spacial score (nSPS) is 11.5. The fraction of sp³-hybridized carbons (Fsp3) is 0.118. The van der Waals surface area contributed by atoms with E-state index in [9.17, 15) is 27.6 Å². The number of halogens is 3. The van der Waals surface area contributed by atoms with Crippen molar-refractivity contribution in [1.29, 1.82) is 0 Å². The second-order valence-electron chi connectivity index (χ2n) is 5.49. The highest BCUT2D eigenvalue weighted by Gasteiger charge is 2.30. The van der Waals surface area contributed by atoms with Crippen LogP contribution in [0, 0.1) is 0 Å². The molecule has 0 bridgehead atoms. The largest absolute Gasteiger partial charge is 0.416 e. The summed E-state index contributed by atoms with van der Waals surface area (Å²) in [6.45, 7) is -0.569. The van der Waals surface area contributed by atoms with Crippen LogP contribution < -0.4 is 16.6 Å². The van der Waals surface area contributed by atoms with E-state index >= 15 is 0 Å². The molecule has 9 heteroatoms. The Labute approximate surface area is 143 Å². The predicted octanol–water partition coefficient (Wildman–Crippen LogP) is 2.35. The van der Waals surface area contributed by atoms with E-state index < -0.39 is 35.4 Å². The van der Waals surface area contributed by atoms with Crippen molar-refractivity contribution < 1.29 is 18.0 Å². The van der Waals surface area contributed by atoms with Gasteiger partial charge in [0, 0.05) is 5.69 Å². The Morgan fingerprint density at radius 3 is 2.35 bits per heavy atom. The van der Waals surface area contributed by atoms with Gasteiger partial charge < -0.3 is 10.3 Å². The minimum absolute atomic E-state index is 0.119. The molecular formula is C17H12F3N3O3. The standard InChI is InChI=1S/C17H12F3N3O3/c18-17(19,20)10-5-7-11(8-6-10)21-14(24)9-23-15(25)12-3-1-2-4-13(12)22-16(23)26/h1-8H,9H2,(H,21,24)(H,22,26). The van der Waals surface area contributed by atoms with Crippen LogP contribution in [0.3, 0.4) is 0 Å². The lowest BCUT2D eigenvalue weighted by molar-refractivity contribution is -0.137. The van der Waals surface area contributed by atoms with Gasteiger partial charge in [0.25, 0.3) is 5.56 Å². The Bertz CT molecular complexity index is 1080. The van der Waals surface area contributed by atoms with Crippen LogP contribution in [0.2, 0.25) is 0 Å². The number of para-hydroxylation sites is 1. The minimum atomic E-state index is -4.48. The number of carbonyl (C=O) groups is 1. The summed E-state index contributed by atoms with van der Waals surface area (Å²) in [5, 5.41) is 2.60. The number of H-pyrrole nitrogens is 1. The summed E-state index contributed by atoms with van der Waals surface area (Å²) >= 11 is 0. The highest BCUT2D eigenvalue weighted by Crippen LogP contribution is 2.29. The summed E-state index contributed by atoms with van der Waals surface area (Å²) < 4.78 is 38.3. The first-order valence-electron chi connectivity index (χ1n) is 7.45. The monoisotopic (exact) mass is 363 g/mol. The van der Waals surface area contributed by atoms with E-state index in [1.54, 1.807) is 18.2 Å². The van der Waals surface area contributed by atoms with Crippen molar-refractivity contribution in [3.63, 3.8) is 0 Å². The third kappa shape index (κ3) is 3.51. The number of nitrogens with zero attached hydrogens (tertiary/aromatic N) is 1. The second kappa shape index (κ2) is 6.51. The topological polar surface area (TPSA) is 84.0 Å². The van der Waals surface area contributed by atoms with E-state index in [0.717, 1.165) is 28.8 Å². The quantitative estimate of drug-likeness (QED) is 0.749. The average molecular weight is 363 g/mol. The smallest absolute Gasteiger partial charge is 0.325 e. The van der Waals surface area contributed by atoms with Gasteiger partial charge >= 0.3 is 11.9 Å². The van der Waals surface area contributed by atoms with Gasteiger partial charge in [-0.15, -0.1) is 0 Å². The molecule has 0 atom stereocenters. The number of fused-ring (bicyclic) bond motifs is 1. The van der Waals surface area contributed by atoms with E-state index in [2.05, 4.69) is 10.3 Å². The zero-order chi connectivity index (χ0) is 18.9. The number of hydrogen-bond acceptors (Lipinski definition) is 3. The lowest BCUT2D eigenvalue weighted by atomic mass is 10.2. The number of carbonyl (C=O) groups excluding carboxylic acids is 1. The first-order chi connectivity index (χ1) is 12.3. The number of amides is 1. The van der Waals surface area contributed by atoms with Crippen LogP contribution in [0.4, 0.5) is 18.9 Å². The zero-order valence-corrected chi connectivity index (χ0v) is 13.1. The van der Waals surface area contributed by atoms with Crippen molar-refractivity contribution in [1.82, 2.24) is 9.55 Å². The van der Waals surface area contributed by atoms with Crippen molar-refractivity contribution in [3.05, 3.63) is 74.9 Å². The minimum Gasteiger partial charge on any atom is -0.325 e. The van der Waals surface area contributed by atoms with Crippen molar-refractivity contribution in [2.75, 3.05) is 5.32 Å². The summed E-state index contributed by atoms with van der Waals surface area (Å²) in [6.07, 6.45) is -4.48. The fourth-order valence-electron chi connectivity index (χ4n) is 2.43. The Balaban J connectivity index is 1.82. The van der Waals surface area contributed by atoms with E-state index in [4.69, 9.17) is 0 Å². The maximum absolute atomic E-state index is 12.5. The summed E-state index contributed by atoms with van der Waals surface area (Å²) in [7, 11) is 0. The van der Waals surface area contributed by atoms with E-state index in [0.29, 0.717) is 5.52 Å². The number of aromatic amines is 1. The fourth-order valence-corrected chi connectivity index (χ4v) is 2.43. The molecule has 0 aliphatic heterocycles. The van der Waals surface area contributed by atoms with Crippen molar-refractivity contribution in [2.24, 2.45) is 0 Å². The summed E-state index contributed by atoms with van der Waals surface area (Å²) in [5.41, 5.74) is -1.77. The van der Waals surface area contributed by atoms with Crippen molar-refractivity contribution in [2.45, 2.75) is 12.7 Å². The third-order valence-electron chi connectivity index (χ3n) is 3.69. The highest BCUT2D eigenvalue weighted by atomic mass is 19.4. The first kappa shape index (κ1) is 17.5. The molecule has 0 unspecified atom stereocenters.